The maximum absolute atomic E-state index is 8.87. The van der Waals surface area contributed by atoms with Crippen molar-refractivity contribution in [1.82, 2.24) is 0 Å². The fraction of sp³-hybridized carbons (Fsp3) is 1.00. The highest BCUT2D eigenvalue weighted by Gasteiger charge is 2.13. The Hall–Kier alpha value is -0.120. The SMILES string of the molecule is CCCCCCCCCCCCCCOC[N+](C)(C)CCCO. The van der Waals surface area contributed by atoms with E-state index in [1.807, 2.05) is 0 Å². The second-order valence-electron chi connectivity index (χ2n) is 7.66. The van der Waals surface area contributed by atoms with Gasteiger partial charge < -0.3 is 14.3 Å². The Labute approximate surface area is 146 Å². The number of unbranched alkanes of at least 4 members (excludes halogenated alkanes) is 11. The monoisotopic (exact) mass is 330 g/mol. The van der Waals surface area contributed by atoms with E-state index >= 15 is 0 Å². The molecular weight excluding hydrogens is 286 g/mol. The van der Waals surface area contributed by atoms with Crippen molar-refractivity contribution >= 4 is 0 Å². The summed E-state index contributed by atoms with van der Waals surface area (Å²) in [5, 5.41) is 8.87. The van der Waals surface area contributed by atoms with Crippen molar-refractivity contribution in [3.63, 3.8) is 0 Å². The van der Waals surface area contributed by atoms with Gasteiger partial charge in [-0.15, -0.1) is 0 Å². The Kier molecular flexibility index (Phi) is 16.6. The molecule has 0 saturated carbocycles. The average molecular weight is 331 g/mol. The van der Waals surface area contributed by atoms with Gasteiger partial charge in [0, 0.05) is 13.0 Å². The highest BCUT2D eigenvalue weighted by atomic mass is 16.5. The highest BCUT2D eigenvalue weighted by Crippen LogP contribution is 2.12. The Bertz CT molecular complexity index is 232. The number of hydrogen-bond acceptors (Lipinski definition) is 2. The van der Waals surface area contributed by atoms with Crippen LogP contribution in [0.3, 0.4) is 0 Å². The summed E-state index contributed by atoms with van der Waals surface area (Å²) in [6, 6.07) is 0. The molecule has 3 nitrogen and oxygen atoms in total. The van der Waals surface area contributed by atoms with Crippen LogP contribution >= 0.6 is 0 Å². The van der Waals surface area contributed by atoms with Crippen LogP contribution in [0.25, 0.3) is 0 Å². The molecule has 0 atom stereocenters. The standard InChI is InChI=1S/C20H44NO2/c1-4-5-6-7-8-9-10-11-12-13-14-15-19-23-20-21(2,3)17-16-18-22/h22H,4-20H2,1-3H3/q+1. The summed E-state index contributed by atoms with van der Waals surface area (Å²) in [6.45, 7) is 5.19. The summed E-state index contributed by atoms with van der Waals surface area (Å²) in [4.78, 5) is 0. The predicted molar refractivity (Wildman–Crippen MR) is 101 cm³/mol. The van der Waals surface area contributed by atoms with Crippen LogP contribution in [0, 0.1) is 0 Å². The minimum Gasteiger partial charge on any atom is -0.396 e. The van der Waals surface area contributed by atoms with Crippen molar-refractivity contribution in [3.05, 3.63) is 0 Å². The van der Waals surface area contributed by atoms with Crippen LogP contribution in [0.5, 0.6) is 0 Å². The molecule has 0 bridgehead atoms. The molecule has 0 rings (SSSR count). The van der Waals surface area contributed by atoms with Crippen molar-refractivity contribution in [3.8, 4) is 0 Å². The van der Waals surface area contributed by atoms with Crippen LogP contribution in [-0.4, -0.2) is 50.2 Å². The molecule has 0 spiro atoms. The Morgan fingerprint density at radius 3 is 1.65 bits per heavy atom. The third-order valence-electron chi connectivity index (χ3n) is 4.50. The minimum absolute atomic E-state index is 0.278. The van der Waals surface area contributed by atoms with E-state index < -0.39 is 0 Å². The molecule has 0 radical (unpaired) electrons. The molecule has 0 amide bonds. The first-order chi connectivity index (χ1) is 11.1. The first-order valence-corrected chi connectivity index (χ1v) is 10.1. The van der Waals surface area contributed by atoms with Crippen molar-refractivity contribution in [2.45, 2.75) is 90.4 Å². The van der Waals surface area contributed by atoms with E-state index in [4.69, 9.17) is 9.84 Å². The van der Waals surface area contributed by atoms with Gasteiger partial charge in [-0.3, -0.25) is 0 Å². The molecule has 0 aromatic heterocycles. The average Bonchev–Trinajstić information content (AvgIpc) is 2.53. The summed E-state index contributed by atoms with van der Waals surface area (Å²) in [5.74, 6) is 0. The maximum atomic E-state index is 8.87. The third-order valence-corrected chi connectivity index (χ3v) is 4.50. The van der Waals surface area contributed by atoms with E-state index in [0.29, 0.717) is 0 Å². The first kappa shape index (κ1) is 22.9. The molecule has 23 heavy (non-hydrogen) atoms. The van der Waals surface area contributed by atoms with E-state index in [-0.39, 0.29) is 6.61 Å². The van der Waals surface area contributed by atoms with Gasteiger partial charge in [-0.2, -0.15) is 0 Å². The van der Waals surface area contributed by atoms with Gasteiger partial charge in [0.05, 0.1) is 27.2 Å². The van der Waals surface area contributed by atoms with Gasteiger partial charge >= 0.3 is 0 Å². The van der Waals surface area contributed by atoms with Crippen molar-refractivity contribution in [1.29, 1.82) is 0 Å². The largest absolute Gasteiger partial charge is 0.396 e. The van der Waals surface area contributed by atoms with E-state index in [1.54, 1.807) is 0 Å². The van der Waals surface area contributed by atoms with Crippen LogP contribution < -0.4 is 0 Å². The summed E-state index contributed by atoms with van der Waals surface area (Å²) in [5.41, 5.74) is 0. The summed E-state index contributed by atoms with van der Waals surface area (Å²) in [6.07, 6.45) is 17.5. The number of ether oxygens (including phenoxy) is 1. The Balaban J connectivity index is 3.16. The molecule has 0 aromatic carbocycles. The van der Waals surface area contributed by atoms with Crippen LogP contribution in [-0.2, 0) is 4.74 Å². The predicted octanol–water partition coefficient (Wildman–Crippen LogP) is 5.12. The van der Waals surface area contributed by atoms with Gasteiger partial charge in [0.2, 0.25) is 0 Å². The smallest absolute Gasteiger partial charge is 0.182 e. The van der Waals surface area contributed by atoms with Gasteiger partial charge in [0.15, 0.2) is 6.73 Å². The zero-order valence-corrected chi connectivity index (χ0v) is 16.3. The van der Waals surface area contributed by atoms with Crippen molar-refractivity contribution in [2.75, 3.05) is 40.6 Å². The van der Waals surface area contributed by atoms with Gasteiger partial charge in [0.1, 0.15) is 0 Å². The summed E-state index contributed by atoms with van der Waals surface area (Å²) >= 11 is 0. The molecule has 0 aromatic rings. The minimum atomic E-state index is 0.278. The molecular formula is C20H44NO2+. The topological polar surface area (TPSA) is 29.5 Å². The molecule has 0 fully saturated rings. The molecule has 0 aliphatic rings. The second kappa shape index (κ2) is 16.7. The fourth-order valence-electron chi connectivity index (χ4n) is 2.92. The molecule has 0 aliphatic heterocycles. The Morgan fingerprint density at radius 2 is 1.17 bits per heavy atom. The molecule has 1 N–H and O–H groups in total. The van der Waals surface area contributed by atoms with Crippen LogP contribution in [0.15, 0.2) is 0 Å². The number of quaternary nitrogens is 1. The summed E-state index contributed by atoms with van der Waals surface area (Å²) < 4.78 is 6.62. The normalized spacial score (nSPS) is 12.0. The molecule has 3 heteroatoms. The van der Waals surface area contributed by atoms with Crippen LogP contribution in [0.1, 0.15) is 90.4 Å². The molecule has 0 unspecified atom stereocenters. The fourth-order valence-corrected chi connectivity index (χ4v) is 2.92. The van der Waals surface area contributed by atoms with E-state index in [9.17, 15) is 0 Å². The lowest BCUT2D eigenvalue weighted by Gasteiger charge is -2.28. The summed E-state index contributed by atoms with van der Waals surface area (Å²) in [7, 11) is 4.33. The van der Waals surface area contributed by atoms with Gasteiger partial charge in [-0.05, 0) is 6.42 Å². The van der Waals surface area contributed by atoms with Crippen LogP contribution in [0.2, 0.25) is 0 Å². The number of hydrogen-bond donors (Lipinski definition) is 1. The zero-order chi connectivity index (χ0) is 17.2. The van der Waals surface area contributed by atoms with Gasteiger partial charge in [-0.25, -0.2) is 0 Å². The van der Waals surface area contributed by atoms with Gasteiger partial charge in [-0.1, -0.05) is 77.6 Å². The van der Waals surface area contributed by atoms with Gasteiger partial charge in [0.25, 0.3) is 0 Å². The molecule has 0 aliphatic carbocycles. The van der Waals surface area contributed by atoms with E-state index in [0.717, 1.165) is 30.8 Å². The van der Waals surface area contributed by atoms with Crippen molar-refractivity contribution in [2.24, 2.45) is 0 Å². The van der Waals surface area contributed by atoms with Crippen LogP contribution in [0.4, 0.5) is 0 Å². The Morgan fingerprint density at radius 1 is 0.696 bits per heavy atom. The highest BCUT2D eigenvalue weighted by molar-refractivity contribution is 4.48. The zero-order valence-electron chi connectivity index (χ0n) is 16.3. The molecule has 140 valence electrons. The maximum Gasteiger partial charge on any atom is 0.182 e. The van der Waals surface area contributed by atoms with E-state index in [1.165, 1.54) is 77.0 Å². The molecule has 0 heterocycles. The lowest BCUT2D eigenvalue weighted by atomic mass is 10.1. The van der Waals surface area contributed by atoms with Crippen molar-refractivity contribution < 1.29 is 14.3 Å². The molecule has 0 saturated heterocycles. The lowest BCUT2D eigenvalue weighted by Crippen LogP contribution is -2.42. The van der Waals surface area contributed by atoms with E-state index in [2.05, 4.69) is 21.0 Å². The third kappa shape index (κ3) is 18.1. The second-order valence-corrected chi connectivity index (χ2v) is 7.66. The number of nitrogens with zero attached hydrogens (tertiary/aromatic N) is 1. The number of aliphatic hydroxyl groups excluding tert-OH is 1. The quantitative estimate of drug-likeness (QED) is 0.215. The first-order valence-electron chi connectivity index (χ1n) is 10.1. The number of aliphatic hydroxyl groups is 1. The lowest BCUT2D eigenvalue weighted by molar-refractivity contribution is -0.909. The number of rotatable bonds is 18.